The SMILES string of the molecule is Cc1ccc(-c2nccc(N3CCC(C(=O)O)CC3)n2)cc1. The summed E-state index contributed by atoms with van der Waals surface area (Å²) < 4.78 is 0. The van der Waals surface area contributed by atoms with Crippen molar-refractivity contribution in [3.05, 3.63) is 42.1 Å². The molecule has 0 amide bonds. The van der Waals surface area contributed by atoms with Crippen molar-refractivity contribution < 1.29 is 9.90 Å². The molecule has 3 rings (SSSR count). The highest BCUT2D eigenvalue weighted by molar-refractivity contribution is 5.70. The van der Waals surface area contributed by atoms with E-state index < -0.39 is 5.97 Å². The van der Waals surface area contributed by atoms with E-state index in [1.165, 1.54) is 5.56 Å². The molecule has 1 aliphatic rings. The van der Waals surface area contributed by atoms with Crippen molar-refractivity contribution in [2.24, 2.45) is 5.92 Å². The third-order valence-electron chi connectivity index (χ3n) is 4.12. The Kier molecular flexibility index (Phi) is 4.04. The topological polar surface area (TPSA) is 66.3 Å². The van der Waals surface area contributed by atoms with Crippen LogP contribution in [0.1, 0.15) is 18.4 Å². The van der Waals surface area contributed by atoms with Gasteiger partial charge in [-0.15, -0.1) is 0 Å². The molecule has 1 N–H and O–H groups in total. The molecule has 2 aromatic rings. The zero-order chi connectivity index (χ0) is 15.5. The van der Waals surface area contributed by atoms with E-state index in [9.17, 15) is 4.79 Å². The van der Waals surface area contributed by atoms with Gasteiger partial charge in [-0.05, 0) is 25.8 Å². The Morgan fingerprint density at radius 2 is 1.86 bits per heavy atom. The number of piperidine rings is 1. The van der Waals surface area contributed by atoms with E-state index in [0.29, 0.717) is 18.7 Å². The third-order valence-corrected chi connectivity index (χ3v) is 4.12. The van der Waals surface area contributed by atoms with Gasteiger partial charge in [0.1, 0.15) is 5.82 Å². The van der Waals surface area contributed by atoms with Crippen LogP contribution in [0.3, 0.4) is 0 Å². The highest BCUT2D eigenvalue weighted by atomic mass is 16.4. The van der Waals surface area contributed by atoms with Crippen LogP contribution in [0.2, 0.25) is 0 Å². The Labute approximate surface area is 129 Å². The quantitative estimate of drug-likeness (QED) is 0.943. The van der Waals surface area contributed by atoms with Gasteiger partial charge in [0.05, 0.1) is 5.92 Å². The molecule has 0 radical (unpaired) electrons. The number of benzene rings is 1. The second-order valence-electron chi connectivity index (χ2n) is 5.70. The molecule has 114 valence electrons. The average Bonchev–Trinajstić information content (AvgIpc) is 2.56. The first-order valence-corrected chi connectivity index (χ1v) is 7.51. The van der Waals surface area contributed by atoms with Gasteiger partial charge in [-0.25, -0.2) is 9.97 Å². The van der Waals surface area contributed by atoms with Gasteiger partial charge in [0, 0.05) is 24.8 Å². The fourth-order valence-electron chi connectivity index (χ4n) is 2.72. The number of carboxylic acid groups (broad SMARTS) is 1. The minimum absolute atomic E-state index is 0.227. The standard InChI is InChI=1S/C17H19N3O2/c1-12-2-4-13(5-3-12)16-18-9-6-15(19-16)20-10-7-14(8-11-20)17(21)22/h2-6,9,14H,7-8,10-11H2,1H3,(H,21,22). The van der Waals surface area contributed by atoms with Crippen LogP contribution in [0, 0.1) is 12.8 Å². The summed E-state index contributed by atoms with van der Waals surface area (Å²) in [6.45, 7) is 3.50. The average molecular weight is 297 g/mol. The van der Waals surface area contributed by atoms with Crippen molar-refractivity contribution >= 4 is 11.8 Å². The summed E-state index contributed by atoms with van der Waals surface area (Å²) in [5.41, 5.74) is 2.20. The Bertz CT molecular complexity index is 662. The monoisotopic (exact) mass is 297 g/mol. The molecule has 1 aromatic carbocycles. The number of hydrogen-bond acceptors (Lipinski definition) is 4. The largest absolute Gasteiger partial charge is 0.481 e. The Morgan fingerprint density at radius 1 is 1.18 bits per heavy atom. The van der Waals surface area contributed by atoms with Gasteiger partial charge >= 0.3 is 5.97 Å². The highest BCUT2D eigenvalue weighted by Crippen LogP contribution is 2.24. The van der Waals surface area contributed by atoms with Crippen LogP contribution in [0.5, 0.6) is 0 Å². The number of nitrogens with zero attached hydrogens (tertiary/aromatic N) is 3. The molecule has 0 unspecified atom stereocenters. The molecule has 5 heteroatoms. The van der Waals surface area contributed by atoms with Crippen molar-refractivity contribution in [1.82, 2.24) is 9.97 Å². The predicted molar refractivity (Wildman–Crippen MR) is 84.8 cm³/mol. The fraction of sp³-hybridized carbons (Fsp3) is 0.353. The zero-order valence-corrected chi connectivity index (χ0v) is 12.6. The molecule has 2 heterocycles. The molecule has 0 saturated carbocycles. The van der Waals surface area contributed by atoms with Crippen molar-refractivity contribution in [3.63, 3.8) is 0 Å². The molecule has 1 saturated heterocycles. The molecular weight excluding hydrogens is 278 g/mol. The van der Waals surface area contributed by atoms with E-state index >= 15 is 0 Å². The smallest absolute Gasteiger partial charge is 0.306 e. The van der Waals surface area contributed by atoms with Gasteiger partial charge in [-0.2, -0.15) is 0 Å². The van der Waals surface area contributed by atoms with Crippen LogP contribution >= 0.6 is 0 Å². The number of carbonyl (C=O) groups is 1. The fourth-order valence-corrected chi connectivity index (χ4v) is 2.72. The molecule has 5 nitrogen and oxygen atoms in total. The van der Waals surface area contributed by atoms with Gasteiger partial charge < -0.3 is 10.0 Å². The Balaban J connectivity index is 1.77. The maximum absolute atomic E-state index is 11.0. The maximum Gasteiger partial charge on any atom is 0.306 e. The number of aromatic nitrogens is 2. The van der Waals surface area contributed by atoms with E-state index in [0.717, 1.165) is 24.5 Å². The van der Waals surface area contributed by atoms with Gasteiger partial charge in [0.2, 0.25) is 0 Å². The molecule has 0 spiro atoms. The summed E-state index contributed by atoms with van der Waals surface area (Å²) in [7, 11) is 0. The number of aryl methyl sites for hydroxylation is 1. The van der Waals surface area contributed by atoms with Crippen LogP contribution in [-0.4, -0.2) is 34.1 Å². The first-order valence-electron chi connectivity index (χ1n) is 7.51. The Morgan fingerprint density at radius 3 is 2.50 bits per heavy atom. The van der Waals surface area contributed by atoms with Crippen LogP contribution in [0.15, 0.2) is 36.5 Å². The molecule has 22 heavy (non-hydrogen) atoms. The van der Waals surface area contributed by atoms with Crippen LogP contribution < -0.4 is 4.90 Å². The summed E-state index contributed by atoms with van der Waals surface area (Å²) in [5.74, 6) is 0.657. The van der Waals surface area contributed by atoms with Crippen LogP contribution in [0.4, 0.5) is 5.82 Å². The summed E-state index contributed by atoms with van der Waals surface area (Å²) in [5, 5.41) is 9.07. The predicted octanol–water partition coefficient (Wildman–Crippen LogP) is 2.75. The lowest BCUT2D eigenvalue weighted by molar-refractivity contribution is -0.142. The number of anilines is 1. The van der Waals surface area contributed by atoms with Crippen LogP contribution in [-0.2, 0) is 4.79 Å². The first kappa shape index (κ1) is 14.5. The number of carboxylic acids is 1. The Hall–Kier alpha value is -2.43. The number of hydrogen-bond donors (Lipinski definition) is 1. The second kappa shape index (κ2) is 6.13. The molecule has 0 aliphatic carbocycles. The van der Waals surface area contributed by atoms with E-state index in [-0.39, 0.29) is 5.92 Å². The van der Waals surface area contributed by atoms with Gasteiger partial charge in [-0.1, -0.05) is 29.8 Å². The summed E-state index contributed by atoms with van der Waals surface area (Å²) >= 11 is 0. The lowest BCUT2D eigenvalue weighted by atomic mass is 9.97. The maximum atomic E-state index is 11.0. The van der Waals surface area contributed by atoms with E-state index in [2.05, 4.69) is 14.9 Å². The summed E-state index contributed by atoms with van der Waals surface area (Å²) in [6.07, 6.45) is 3.10. The minimum Gasteiger partial charge on any atom is -0.481 e. The van der Waals surface area contributed by atoms with Crippen molar-refractivity contribution in [2.45, 2.75) is 19.8 Å². The lowest BCUT2D eigenvalue weighted by Gasteiger charge is -2.31. The molecule has 1 aromatic heterocycles. The summed E-state index contributed by atoms with van der Waals surface area (Å²) in [4.78, 5) is 22.1. The van der Waals surface area contributed by atoms with Crippen molar-refractivity contribution in [1.29, 1.82) is 0 Å². The van der Waals surface area contributed by atoms with Gasteiger partial charge in [0.25, 0.3) is 0 Å². The molecule has 1 fully saturated rings. The minimum atomic E-state index is -0.692. The van der Waals surface area contributed by atoms with Gasteiger partial charge in [0.15, 0.2) is 5.82 Å². The van der Waals surface area contributed by atoms with E-state index in [1.807, 2.05) is 37.3 Å². The molecule has 0 atom stereocenters. The molecule has 0 bridgehead atoms. The van der Waals surface area contributed by atoms with Crippen molar-refractivity contribution in [2.75, 3.05) is 18.0 Å². The number of rotatable bonds is 3. The van der Waals surface area contributed by atoms with E-state index in [4.69, 9.17) is 5.11 Å². The lowest BCUT2D eigenvalue weighted by Crippen LogP contribution is -2.36. The third kappa shape index (κ3) is 3.08. The number of aliphatic carboxylic acids is 1. The molecular formula is C17H19N3O2. The first-order chi connectivity index (χ1) is 10.6. The van der Waals surface area contributed by atoms with Gasteiger partial charge in [-0.3, -0.25) is 4.79 Å². The summed E-state index contributed by atoms with van der Waals surface area (Å²) in [6, 6.07) is 10.0. The molecule has 1 aliphatic heterocycles. The van der Waals surface area contributed by atoms with Crippen LogP contribution in [0.25, 0.3) is 11.4 Å². The highest BCUT2D eigenvalue weighted by Gasteiger charge is 2.25. The normalized spacial score (nSPS) is 15.8. The second-order valence-corrected chi connectivity index (χ2v) is 5.70. The van der Waals surface area contributed by atoms with Crippen molar-refractivity contribution in [3.8, 4) is 11.4 Å². The van der Waals surface area contributed by atoms with E-state index in [1.54, 1.807) is 6.20 Å². The zero-order valence-electron chi connectivity index (χ0n) is 12.6.